The molecular weight excluding hydrogens is 803 g/mol. The summed E-state index contributed by atoms with van der Waals surface area (Å²) in [5.74, 6) is -3.09. The summed E-state index contributed by atoms with van der Waals surface area (Å²) in [7, 11) is -4.63. The molecule has 0 N–H and O–H groups in total. The van der Waals surface area contributed by atoms with E-state index in [9.17, 15) is 23.7 Å². The maximum absolute atomic E-state index is 14.6. The number of ether oxygens (including phenoxy) is 5. The molecule has 1 aliphatic rings. The minimum absolute atomic E-state index is 0.115. The van der Waals surface area contributed by atoms with E-state index in [1.54, 1.807) is 133 Å². The molecule has 6 aromatic rings. The molecule has 0 radical (unpaired) electrons. The fourth-order valence-electron chi connectivity index (χ4n) is 6.24. The Labute approximate surface area is 351 Å². The minimum Gasteiger partial charge on any atom is -0.453 e. The highest BCUT2D eigenvalue weighted by Crippen LogP contribution is 2.50. The summed E-state index contributed by atoms with van der Waals surface area (Å²) in [6.07, 6.45) is -7.72. The Morgan fingerprint density at radius 3 is 1.28 bits per heavy atom. The van der Waals surface area contributed by atoms with Crippen molar-refractivity contribution in [3.8, 4) is 11.5 Å². The molecule has 0 aliphatic carbocycles. The Morgan fingerprint density at radius 1 is 0.492 bits per heavy atom. The number of phosphoric ester groups is 1. The number of benzene rings is 6. The summed E-state index contributed by atoms with van der Waals surface area (Å²) >= 11 is 0. The fraction of sp³-hybridized carbons (Fsp3) is 0.149. The Kier molecular flexibility index (Phi) is 14.0. The first-order valence-electron chi connectivity index (χ1n) is 19.1. The zero-order valence-electron chi connectivity index (χ0n) is 32.4. The number of esters is 4. The molecular formula is C47H39O13P. The van der Waals surface area contributed by atoms with E-state index in [0.29, 0.717) is 0 Å². The molecule has 13 nitrogen and oxygen atoms in total. The molecule has 0 bridgehead atoms. The number of hydrogen-bond donors (Lipinski definition) is 0. The molecule has 1 fully saturated rings. The van der Waals surface area contributed by atoms with Crippen LogP contribution in [0.4, 0.5) is 0 Å². The van der Waals surface area contributed by atoms with Crippen molar-refractivity contribution in [2.75, 3.05) is 13.2 Å². The van der Waals surface area contributed by atoms with Crippen molar-refractivity contribution in [2.45, 2.75) is 30.5 Å². The maximum Gasteiger partial charge on any atom is 0.587 e. The van der Waals surface area contributed by atoms with E-state index >= 15 is 0 Å². The van der Waals surface area contributed by atoms with Crippen LogP contribution in [-0.2, 0) is 32.8 Å². The van der Waals surface area contributed by atoms with E-state index in [-0.39, 0.29) is 33.8 Å². The van der Waals surface area contributed by atoms with E-state index in [0.717, 1.165) is 0 Å². The minimum atomic E-state index is -4.63. The van der Waals surface area contributed by atoms with Gasteiger partial charge in [0, 0.05) is 0 Å². The standard InChI is InChI=1S/C47H39O13P/c48-44(33-19-7-1-8-20-33)55-39-31-53-41(43(58-47(51)36-25-13-4-14-26-36)42(39)57-46(50)35-23-11-3-12-24-35)40(56-45(49)34-21-9-2-10-22-34)32-54-61(52,59-37-27-15-5-16-28-37)60-38-29-17-6-18-30-38/h1-30,39-43H,31-32H2/t39?,40-,41?,42?,43-/m1/s1. The lowest BCUT2D eigenvalue weighted by Gasteiger charge is -2.43. The van der Waals surface area contributed by atoms with Crippen LogP contribution in [0, 0.1) is 0 Å². The van der Waals surface area contributed by atoms with Crippen LogP contribution in [0.15, 0.2) is 182 Å². The molecule has 61 heavy (non-hydrogen) atoms. The molecule has 3 unspecified atom stereocenters. The number of para-hydroxylation sites is 2. The average Bonchev–Trinajstić information content (AvgIpc) is 3.30. The Balaban J connectivity index is 1.28. The lowest BCUT2D eigenvalue weighted by atomic mass is 9.95. The molecule has 6 aromatic carbocycles. The highest BCUT2D eigenvalue weighted by atomic mass is 31.2. The molecule has 0 amide bonds. The highest BCUT2D eigenvalue weighted by molar-refractivity contribution is 7.49. The molecule has 0 spiro atoms. The van der Waals surface area contributed by atoms with Gasteiger partial charge in [-0.2, -0.15) is 0 Å². The summed E-state index contributed by atoms with van der Waals surface area (Å²) in [5, 5.41) is 0. The van der Waals surface area contributed by atoms with Crippen LogP contribution < -0.4 is 9.05 Å². The zero-order valence-corrected chi connectivity index (χ0v) is 33.3. The summed E-state index contributed by atoms with van der Waals surface area (Å²) < 4.78 is 62.7. The Hall–Kier alpha value is -7.05. The molecule has 310 valence electrons. The van der Waals surface area contributed by atoms with Crippen LogP contribution in [0.3, 0.4) is 0 Å². The predicted molar refractivity (Wildman–Crippen MR) is 220 cm³/mol. The van der Waals surface area contributed by atoms with Gasteiger partial charge in [-0.15, -0.1) is 0 Å². The topological polar surface area (TPSA) is 159 Å². The van der Waals surface area contributed by atoms with Crippen molar-refractivity contribution >= 4 is 31.7 Å². The summed E-state index contributed by atoms with van der Waals surface area (Å²) in [5.41, 5.74) is 0.571. The largest absolute Gasteiger partial charge is 0.587 e. The monoisotopic (exact) mass is 842 g/mol. The smallest absolute Gasteiger partial charge is 0.453 e. The van der Waals surface area contributed by atoms with Crippen LogP contribution in [0.25, 0.3) is 0 Å². The van der Waals surface area contributed by atoms with Gasteiger partial charge in [0.15, 0.2) is 24.4 Å². The first kappa shape index (κ1) is 42.1. The second-order valence-electron chi connectivity index (χ2n) is 13.4. The lowest BCUT2D eigenvalue weighted by molar-refractivity contribution is -0.214. The fourth-order valence-corrected chi connectivity index (χ4v) is 7.47. The van der Waals surface area contributed by atoms with Gasteiger partial charge in [0.2, 0.25) is 0 Å². The SMILES string of the molecule is O=C(OC1COC([C@@H](COP(=O)(Oc2ccccc2)Oc2ccccc2)OC(=O)c2ccccc2)[C@@H](OC(=O)c2ccccc2)C1OC(=O)c1ccccc1)c1ccccc1. The van der Waals surface area contributed by atoms with Gasteiger partial charge in [0.25, 0.3) is 0 Å². The summed E-state index contributed by atoms with van der Waals surface area (Å²) in [6.45, 7) is -1.19. The third-order valence-electron chi connectivity index (χ3n) is 9.19. The van der Waals surface area contributed by atoms with Gasteiger partial charge in [-0.3, -0.25) is 4.52 Å². The highest BCUT2D eigenvalue weighted by Gasteiger charge is 2.52. The lowest BCUT2D eigenvalue weighted by Crippen LogP contribution is -2.61. The van der Waals surface area contributed by atoms with E-state index in [1.165, 1.54) is 48.5 Å². The molecule has 1 saturated heterocycles. The van der Waals surface area contributed by atoms with Gasteiger partial charge in [-0.25, -0.2) is 23.7 Å². The van der Waals surface area contributed by atoms with Crippen molar-refractivity contribution in [2.24, 2.45) is 0 Å². The van der Waals surface area contributed by atoms with Crippen molar-refractivity contribution in [1.29, 1.82) is 0 Å². The summed E-state index contributed by atoms with van der Waals surface area (Å²) in [4.78, 5) is 55.1. The van der Waals surface area contributed by atoms with E-state index in [1.807, 2.05) is 0 Å². The Morgan fingerprint density at radius 2 is 0.852 bits per heavy atom. The normalized spacial score (nSPS) is 17.8. The second-order valence-corrected chi connectivity index (χ2v) is 15.0. The zero-order chi connectivity index (χ0) is 42.4. The van der Waals surface area contributed by atoms with E-state index < -0.39 is 75.4 Å². The number of carbonyl (C=O) groups is 4. The van der Waals surface area contributed by atoms with Crippen LogP contribution in [-0.4, -0.2) is 67.6 Å². The Bertz CT molecular complexity index is 2360. The van der Waals surface area contributed by atoms with Crippen LogP contribution in [0.5, 0.6) is 11.5 Å². The van der Waals surface area contributed by atoms with Gasteiger partial charge >= 0.3 is 31.7 Å². The number of phosphoric acid groups is 1. The first-order chi connectivity index (χ1) is 29.7. The molecule has 0 saturated carbocycles. The van der Waals surface area contributed by atoms with Crippen molar-refractivity contribution < 1.29 is 61.0 Å². The molecule has 14 heteroatoms. The van der Waals surface area contributed by atoms with Crippen molar-refractivity contribution in [1.82, 2.24) is 0 Å². The van der Waals surface area contributed by atoms with E-state index in [4.69, 9.17) is 37.3 Å². The third kappa shape index (κ3) is 11.4. The van der Waals surface area contributed by atoms with Gasteiger partial charge in [0.05, 0.1) is 28.9 Å². The van der Waals surface area contributed by atoms with Gasteiger partial charge < -0.3 is 32.7 Å². The van der Waals surface area contributed by atoms with Gasteiger partial charge in [-0.05, 0) is 72.8 Å². The van der Waals surface area contributed by atoms with Crippen molar-refractivity contribution in [3.63, 3.8) is 0 Å². The van der Waals surface area contributed by atoms with Crippen molar-refractivity contribution in [3.05, 3.63) is 204 Å². The average molecular weight is 843 g/mol. The molecule has 1 aliphatic heterocycles. The number of carbonyl (C=O) groups excluding carboxylic acids is 4. The summed E-state index contributed by atoms with van der Waals surface area (Å²) in [6, 6.07) is 48.4. The second kappa shape index (κ2) is 20.3. The number of rotatable bonds is 16. The van der Waals surface area contributed by atoms with E-state index in [2.05, 4.69) is 0 Å². The van der Waals surface area contributed by atoms with Crippen LogP contribution in [0.1, 0.15) is 41.4 Å². The van der Waals surface area contributed by atoms with Gasteiger partial charge in [0.1, 0.15) is 24.2 Å². The quantitative estimate of drug-likeness (QED) is 0.0519. The first-order valence-corrected chi connectivity index (χ1v) is 20.6. The van der Waals surface area contributed by atoms with Gasteiger partial charge in [-0.1, -0.05) is 109 Å². The molecule has 0 aromatic heterocycles. The third-order valence-corrected chi connectivity index (χ3v) is 10.5. The molecule has 1 heterocycles. The number of hydrogen-bond acceptors (Lipinski definition) is 13. The molecule has 7 rings (SSSR count). The van der Waals surface area contributed by atoms with Crippen LogP contribution >= 0.6 is 7.82 Å². The van der Waals surface area contributed by atoms with Crippen LogP contribution in [0.2, 0.25) is 0 Å². The maximum atomic E-state index is 14.6. The molecule has 5 atom stereocenters. The predicted octanol–water partition coefficient (Wildman–Crippen LogP) is 8.57.